The minimum atomic E-state index is -0.468. The van der Waals surface area contributed by atoms with E-state index >= 15 is 0 Å². The van der Waals surface area contributed by atoms with Crippen LogP contribution in [0.4, 0.5) is 0 Å². The first kappa shape index (κ1) is 13.4. The van der Waals surface area contributed by atoms with Gasteiger partial charge in [-0.2, -0.15) is 0 Å². The Hall–Kier alpha value is -1.05. The molecule has 0 radical (unpaired) electrons. The normalized spacial score (nSPS) is 27.3. The van der Waals surface area contributed by atoms with Crippen LogP contribution in [0.2, 0.25) is 0 Å². The molecule has 0 amide bonds. The van der Waals surface area contributed by atoms with Gasteiger partial charge in [0.15, 0.2) is 0 Å². The SMILES string of the molecule is Cc1nnnn1C[C@H](O)CN1C[C@@H](C)O[C@H](C)C1. The quantitative estimate of drug-likeness (QED) is 0.778. The Labute approximate surface area is 107 Å². The Morgan fingerprint density at radius 1 is 1.33 bits per heavy atom. The van der Waals surface area contributed by atoms with E-state index in [1.165, 1.54) is 0 Å². The zero-order chi connectivity index (χ0) is 13.1. The van der Waals surface area contributed by atoms with Crippen molar-refractivity contribution in [1.82, 2.24) is 25.1 Å². The Kier molecular flexibility index (Phi) is 4.26. The van der Waals surface area contributed by atoms with Gasteiger partial charge in [-0.15, -0.1) is 5.10 Å². The van der Waals surface area contributed by atoms with Gasteiger partial charge >= 0.3 is 0 Å². The summed E-state index contributed by atoms with van der Waals surface area (Å²) in [5.41, 5.74) is 0. The van der Waals surface area contributed by atoms with Crippen molar-refractivity contribution in [3.8, 4) is 0 Å². The van der Waals surface area contributed by atoms with Gasteiger partial charge in [0.05, 0.1) is 24.9 Å². The van der Waals surface area contributed by atoms with Crippen LogP contribution < -0.4 is 0 Å². The average Bonchev–Trinajstić information content (AvgIpc) is 2.62. The highest BCUT2D eigenvalue weighted by Gasteiger charge is 2.24. The fourth-order valence-electron chi connectivity index (χ4n) is 2.41. The van der Waals surface area contributed by atoms with Crippen molar-refractivity contribution in [2.75, 3.05) is 19.6 Å². The molecule has 1 N–H and O–H groups in total. The minimum absolute atomic E-state index is 0.218. The fourth-order valence-corrected chi connectivity index (χ4v) is 2.41. The van der Waals surface area contributed by atoms with Gasteiger partial charge in [-0.1, -0.05) is 0 Å². The van der Waals surface area contributed by atoms with Gasteiger partial charge in [-0.25, -0.2) is 4.68 Å². The van der Waals surface area contributed by atoms with Crippen molar-refractivity contribution in [2.45, 2.75) is 45.6 Å². The molecule has 7 heteroatoms. The largest absolute Gasteiger partial charge is 0.390 e. The third-order valence-electron chi connectivity index (χ3n) is 3.06. The molecule has 0 bridgehead atoms. The second-order valence-electron chi connectivity index (χ2n) is 5.04. The maximum absolute atomic E-state index is 10.1. The van der Waals surface area contributed by atoms with Crippen molar-refractivity contribution < 1.29 is 9.84 Å². The number of rotatable bonds is 4. The third-order valence-corrected chi connectivity index (χ3v) is 3.06. The van der Waals surface area contributed by atoms with Crippen LogP contribution in [0.15, 0.2) is 0 Å². The number of aromatic nitrogens is 4. The predicted octanol–water partition coefficient (Wildman–Crippen LogP) is -0.548. The number of hydrogen-bond donors (Lipinski definition) is 1. The van der Waals surface area contributed by atoms with E-state index in [-0.39, 0.29) is 12.2 Å². The van der Waals surface area contributed by atoms with Crippen LogP contribution in [0.5, 0.6) is 0 Å². The molecule has 1 aliphatic rings. The van der Waals surface area contributed by atoms with E-state index in [4.69, 9.17) is 4.74 Å². The van der Waals surface area contributed by atoms with E-state index in [0.717, 1.165) is 18.9 Å². The molecule has 0 spiro atoms. The van der Waals surface area contributed by atoms with Crippen LogP contribution >= 0.6 is 0 Å². The number of β-amino-alcohol motifs (C(OH)–C–C–N with tert-alkyl or cyclic N) is 1. The molecule has 1 aromatic heterocycles. The number of aliphatic hydroxyl groups excluding tert-OH is 1. The average molecular weight is 255 g/mol. The summed E-state index contributed by atoms with van der Waals surface area (Å²) in [5, 5.41) is 21.3. The van der Waals surface area contributed by atoms with Gasteiger partial charge in [0.25, 0.3) is 0 Å². The summed E-state index contributed by atoms with van der Waals surface area (Å²) in [6, 6.07) is 0. The van der Waals surface area contributed by atoms with Crippen molar-refractivity contribution in [2.24, 2.45) is 0 Å². The fraction of sp³-hybridized carbons (Fsp3) is 0.909. The highest BCUT2D eigenvalue weighted by Crippen LogP contribution is 2.11. The molecule has 18 heavy (non-hydrogen) atoms. The van der Waals surface area contributed by atoms with E-state index < -0.39 is 6.10 Å². The number of hydrogen-bond acceptors (Lipinski definition) is 6. The van der Waals surface area contributed by atoms with Gasteiger partial charge in [-0.3, -0.25) is 4.90 Å². The zero-order valence-corrected chi connectivity index (χ0v) is 11.2. The maximum atomic E-state index is 10.1. The van der Waals surface area contributed by atoms with E-state index in [1.54, 1.807) is 4.68 Å². The Balaban J connectivity index is 1.83. The lowest BCUT2D eigenvalue weighted by Crippen LogP contribution is -2.48. The first-order valence-corrected chi connectivity index (χ1v) is 6.33. The molecule has 0 aromatic carbocycles. The number of aliphatic hydroxyl groups is 1. The molecule has 3 atom stereocenters. The van der Waals surface area contributed by atoms with Crippen LogP contribution in [-0.4, -0.2) is 68.2 Å². The summed E-state index contributed by atoms with van der Waals surface area (Å²) in [7, 11) is 0. The molecule has 0 unspecified atom stereocenters. The van der Waals surface area contributed by atoms with Crippen molar-refractivity contribution >= 4 is 0 Å². The number of aryl methyl sites for hydroxylation is 1. The van der Waals surface area contributed by atoms with Crippen LogP contribution in [0.3, 0.4) is 0 Å². The van der Waals surface area contributed by atoms with E-state index in [2.05, 4.69) is 34.3 Å². The van der Waals surface area contributed by atoms with Crippen LogP contribution in [0.1, 0.15) is 19.7 Å². The number of ether oxygens (including phenoxy) is 1. The predicted molar refractivity (Wildman–Crippen MR) is 65.0 cm³/mol. The second kappa shape index (κ2) is 5.73. The monoisotopic (exact) mass is 255 g/mol. The molecule has 0 saturated carbocycles. The molecule has 2 heterocycles. The van der Waals surface area contributed by atoms with Crippen LogP contribution in [0, 0.1) is 6.92 Å². The van der Waals surface area contributed by atoms with Crippen molar-refractivity contribution in [1.29, 1.82) is 0 Å². The molecule has 7 nitrogen and oxygen atoms in total. The lowest BCUT2D eigenvalue weighted by molar-refractivity contribution is -0.0774. The minimum Gasteiger partial charge on any atom is -0.390 e. The molecule has 0 aliphatic carbocycles. The van der Waals surface area contributed by atoms with Crippen molar-refractivity contribution in [3.05, 3.63) is 5.82 Å². The van der Waals surface area contributed by atoms with Gasteiger partial charge in [0.1, 0.15) is 5.82 Å². The molecular weight excluding hydrogens is 234 g/mol. The van der Waals surface area contributed by atoms with Gasteiger partial charge in [0.2, 0.25) is 0 Å². The third kappa shape index (κ3) is 3.47. The molecular formula is C11H21N5O2. The molecule has 1 fully saturated rings. The lowest BCUT2D eigenvalue weighted by Gasteiger charge is -2.36. The van der Waals surface area contributed by atoms with Crippen LogP contribution in [-0.2, 0) is 11.3 Å². The summed E-state index contributed by atoms with van der Waals surface area (Å²) >= 11 is 0. The standard InChI is InChI=1S/C11H21N5O2/c1-8-4-15(5-9(2)18-8)6-11(17)7-16-10(3)12-13-14-16/h8-9,11,17H,4-7H2,1-3H3/t8-,9-,11-/m1/s1. The van der Waals surface area contributed by atoms with Gasteiger partial charge < -0.3 is 9.84 Å². The molecule has 2 rings (SSSR count). The van der Waals surface area contributed by atoms with E-state index in [1.807, 2.05) is 6.92 Å². The first-order chi connectivity index (χ1) is 8.54. The lowest BCUT2D eigenvalue weighted by atomic mass is 10.2. The van der Waals surface area contributed by atoms with Gasteiger partial charge in [0, 0.05) is 19.6 Å². The van der Waals surface area contributed by atoms with Gasteiger partial charge in [-0.05, 0) is 31.2 Å². The first-order valence-electron chi connectivity index (χ1n) is 6.33. The van der Waals surface area contributed by atoms with Crippen molar-refractivity contribution in [3.63, 3.8) is 0 Å². The molecule has 1 aromatic rings. The summed E-state index contributed by atoms with van der Waals surface area (Å²) in [6.07, 6.45) is -0.0313. The molecule has 102 valence electrons. The smallest absolute Gasteiger partial charge is 0.148 e. The Bertz CT molecular complexity index is 373. The molecule has 1 saturated heterocycles. The second-order valence-corrected chi connectivity index (χ2v) is 5.04. The molecule has 1 aliphatic heterocycles. The number of nitrogens with zero attached hydrogens (tertiary/aromatic N) is 5. The number of morpholine rings is 1. The highest BCUT2D eigenvalue weighted by molar-refractivity contribution is 4.78. The summed E-state index contributed by atoms with van der Waals surface area (Å²) < 4.78 is 7.29. The zero-order valence-electron chi connectivity index (χ0n) is 11.2. The number of tetrazole rings is 1. The summed E-state index contributed by atoms with van der Waals surface area (Å²) in [6.45, 7) is 8.70. The van der Waals surface area contributed by atoms with E-state index in [0.29, 0.717) is 13.1 Å². The summed E-state index contributed by atoms with van der Waals surface area (Å²) in [4.78, 5) is 2.23. The summed E-state index contributed by atoms with van der Waals surface area (Å²) in [5.74, 6) is 0.720. The Morgan fingerprint density at radius 3 is 2.56 bits per heavy atom. The van der Waals surface area contributed by atoms with E-state index in [9.17, 15) is 5.11 Å². The van der Waals surface area contributed by atoms with Crippen LogP contribution in [0.25, 0.3) is 0 Å². The highest BCUT2D eigenvalue weighted by atomic mass is 16.5. The topological polar surface area (TPSA) is 76.3 Å². The maximum Gasteiger partial charge on any atom is 0.148 e. The Morgan fingerprint density at radius 2 is 2.00 bits per heavy atom.